The zero-order valence-electron chi connectivity index (χ0n) is 24.9. The maximum absolute atomic E-state index is 14.0. The summed E-state index contributed by atoms with van der Waals surface area (Å²) in [6, 6.07) is 10.8. The number of fused-ring (bicyclic) bond motifs is 1. The molecule has 0 aliphatic heterocycles. The minimum absolute atomic E-state index is 0.0347. The Morgan fingerprint density at radius 3 is 2.43 bits per heavy atom. The molecule has 0 N–H and O–H groups in total. The number of hydrogen-bond acceptors (Lipinski definition) is 3. The molecule has 3 aliphatic rings. The molecule has 7 atom stereocenters. The van der Waals surface area contributed by atoms with Crippen molar-refractivity contribution in [3.63, 3.8) is 0 Å². The summed E-state index contributed by atoms with van der Waals surface area (Å²) in [4.78, 5) is 14.0. The topological polar surface area (TPSA) is 35.5 Å². The molecule has 4 rings (SSSR count). The largest absolute Gasteiger partial charge is 0.462 e. The Labute approximate surface area is 228 Å². The monoisotopic (exact) mass is 526 g/mol. The van der Waals surface area contributed by atoms with Crippen molar-refractivity contribution in [3.8, 4) is 0 Å². The second-order valence-electron chi connectivity index (χ2n) is 14.5. The van der Waals surface area contributed by atoms with E-state index in [1.807, 2.05) is 0 Å². The molecule has 3 fully saturated rings. The van der Waals surface area contributed by atoms with Gasteiger partial charge in [0, 0.05) is 0 Å². The number of benzene rings is 1. The Bertz CT molecular complexity index is 891. The van der Waals surface area contributed by atoms with E-state index in [0.717, 1.165) is 32.1 Å². The van der Waals surface area contributed by atoms with Gasteiger partial charge < -0.3 is 9.16 Å². The Balaban J connectivity index is 1.52. The lowest BCUT2D eigenvalue weighted by atomic mass is 9.56. The maximum atomic E-state index is 14.0. The summed E-state index contributed by atoms with van der Waals surface area (Å²) in [5.41, 5.74) is 1.09. The van der Waals surface area contributed by atoms with E-state index >= 15 is 0 Å². The van der Waals surface area contributed by atoms with E-state index in [1.165, 1.54) is 44.1 Å². The smallest absolute Gasteiger partial charge is 0.312 e. The van der Waals surface area contributed by atoms with E-state index in [0.29, 0.717) is 23.7 Å². The highest BCUT2D eigenvalue weighted by molar-refractivity contribution is 6.74. The van der Waals surface area contributed by atoms with Crippen molar-refractivity contribution in [3.05, 3.63) is 35.9 Å². The van der Waals surface area contributed by atoms with Gasteiger partial charge in [-0.2, -0.15) is 0 Å². The molecule has 0 amide bonds. The highest BCUT2D eigenvalue weighted by Crippen LogP contribution is 2.57. The fourth-order valence-corrected chi connectivity index (χ4v) is 9.00. The molecule has 3 saturated carbocycles. The van der Waals surface area contributed by atoms with Gasteiger partial charge in [-0.05, 0) is 85.9 Å². The highest BCUT2D eigenvalue weighted by Gasteiger charge is 2.62. The summed E-state index contributed by atoms with van der Waals surface area (Å²) in [6.45, 7) is 16.4. The lowest BCUT2D eigenvalue weighted by Gasteiger charge is -2.60. The molecule has 0 heterocycles. The summed E-state index contributed by atoms with van der Waals surface area (Å²) in [5.74, 6) is 2.02. The van der Waals surface area contributed by atoms with Crippen molar-refractivity contribution in [2.75, 3.05) is 0 Å². The lowest BCUT2D eigenvalue weighted by molar-refractivity contribution is -0.199. The average Bonchev–Trinajstić information content (AvgIpc) is 2.80. The second kappa shape index (κ2) is 11.5. The van der Waals surface area contributed by atoms with Gasteiger partial charge in [0.05, 0.1) is 11.5 Å². The molecule has 37 heavy (non-hydrogen) atoms. The number of esters is 1. The van der Waals surface area contributed by atoms with Crippen LogP contribution in [0.3, 0.4) is 0 Å². The number of hydrogen-bond donors (Lipinski definition) is 0. The lowest BCUT2D eigenvalue weighted by Crippen LogP contribution is -2.65. The van der Waals surface area contributed by atoms with Crippen molar-refractivity contribution >= 4 is 14.3 Å². The van der Waals surface area contributed by atoms with Crippen LogP contribution in [0.15, 0.2) is 30.3 Å². The van der Waals surface area contributed by atoms with E-state index in [4.69, 9.17) is 9.16 Å². The van der Waals surface area contributed by atoms with Crippen LogP contribution in [0.4, 0.5) is 0 Å². The van der Waals surface area contributed by atoms with Crippen LogP contribution in [0.1, 0.15) is 104 Å². The predicted octanol–water partition coefficient (Wildman–Crippen LogP) is 8.96. The van der Waals surface area contributed by atoms with Crippen molar-refractivity contribution in [2.45, 2.75) is 135 Å². The van der Waals surface area contributed by atoms with E-state index in [2.05, 4.69) is 78.0 Å². The first-order valence-electron chi connectivity index (χ1n) is 15.4. The van der Waals surface area contributed by atoms with Crippen LogP contribution in [0.25, 0.3) is 0 Å². The first kappa shape index (κ1) is 28.9. The maximum Gasteiger partial charge on any atom is 0.312 e. The van der Waals surface area contributed by atoms with Crippen LogP contribution in [0, 0.1) is 29.6 Å². The third-order valence-electron chi connectivity index (χ3n) is 10.7. The van der Waals surface area contributed by atoms with E-state index < -0.39 is 8.32 Å². The van der Waals surface area contributed by atoms with Gasteiger partial charge in [-0.15, -0.1) is 0 Å². The summed E-state index contributed by atoms with van der Waals surface area (Å²) in [7, 11) is -2.03. The van der Waals surface area contributed by atoms with Crippen LogP contribution in [-0.4, -0.2) is 26.0 Å². The number of ether oxygens (including phenoxy) is 1. The summed E-state index contributed by atoms with van der Waals surface area (Å²) in [5, 5.41) is 0.134. The normalized spacial score (nSPS) is 33.9. The molecule has 4 heteroatoms. The van der Waals surface area contributed by atoms with E-state index in [9.17, 15) is 4.79 Å². The molecule has 3 nitrogen and oxygen atoms in total. The molecule has 208 valence electrons. The van der Waals surface area contributed by atoms with Gasteiger partial charge in [0.1, 0.15) is 6.10 Å². The minimum atomic E-state index is -2.03. The molecule has 0 saturated heterocycles. The summed E-state index contributed by atoms with van der Waals surface area (Å²) < 4.78 is 13.9. The van der Waals surface area contributed by atoms with Crippen LogP contribution in [-0.2, 0) is 20.4 Å². The molecule has 0 bridgehead atoms. The molecular formula is C33H54O3Si. The second-order valence-corrected chi connectivity index (χ2v) is 19.2. The Morgan fingerprint density at radius 2 is 1.73 bits per heavy atom. The van der Waals surface area contributed by atoms with Gasteiger partial charge in [-0.1, -0.05) is 97.1 Å². The average molecular weight is 527 g/mol. The molecule has 3 aliphatic carbocycles. The molecule has 1 aromatic rings. The van der Waals surface area contributed by atoms with Crippen LogP contribution < -0.4 is 0 Å². The molecule has 0 radical (unpaired) electrons. The Kier molecular flexibility index (Phi) is 9.00. The van der Waals surface area contributed by atoms with Crippen molar-refractivity contribution in [1.29, 1.82) is 0 Å². The molecule has 1 aromatic carbocycles. The Hall–Kier alpha value is -1.13. The zero-order valence-corrected chi connectivity index (χ0v) is 25.9. The van der Waals surface area contributed by atoms with Crippen LogP contribution in [0.5, 0.6) is 0 Å². The molecule has 0 spiro atoms. The first-order chi connectivity index (χ1) is 17.4. The van der Waals surface area contributed by atoms with Gasteiger partial charge in [0.2, 0.25) is 0 Å². The number of carbonyl (C=O) groups excluding carboxylic acids is 1. The van der Waals surface area contributed by atoms with Gasteiger partial charge in [-0.3, -0.25) is 4.79 Å². The van der Waals surface area contributed by atoms with Gasteiger partial charge in [-0.25, -0.2) is 0 Å². The van der Waals surface area contributed by atoms with E-state index in [-0.39, 0.29) is 28.6 Å². The zero-order chi connectivity index (χ0) is 26.8. The first-order valence-corrected chi connectivity index (χ1v) is 18.3. The third kappa shape index (κ3) is 6.37. The quantitative estimate of drug-likeness (QED) is 0.263. The van der Waals surface area contributed by atoms with Gasteiger partial charge >= 0.3 is 5.97 Å². The van der Waals surface area contributed by atoms with Crippen molar-refractivity contribution in [2.24, 2.45) is 29.6 Å². The molecular weight excluding hydrogens is 472 g/mol. The molecule has 1 unspecified atom stereocenters. The highest BCUT2D eigenvalue weighted by atomic mass is 28.4. The standard InChI is InChI=1S/C33H54O3Si/c1-24-18-19-28(25(2)22-26-15-11-10-12-16-26)30(21-24)35-31(34)29-23-27-17-13-8-9-14-20-33(27,29)36-37(6,7)32(3,4)5/h10-12,15-16,24-25,27-30H,8-9,13-14,17-23H2,1-7H3/t24-,25?,27+,28+,29+,30-,33-/m1/s1. The Morgan fingerprint density at radius 1 is 1.03 bits per heavy atom. The van der Waals surface area contributed by atoms with Gasteiger partial charge in [0.15, 0.2) is 8.32 Å². The summed E-state index contributed by atoms with van der Waals surface area (Å²) >= 11 is 0. The summed E-state index contributed by atoms with van der Waals surface area (Å²) in [6.07, 6.45) is 12.7. The predicted molar refractivity (Wildman–Crippen MR) is 156 cm³/mol. The van der Waals surface area contributed by atoms with E-state index in [1.54, 1.807) is 0 Å². The number of rotatable bonds is 7. The minimum Gasteiger partial charge on any atom is -0.462 e. The number of carbonyl (C=O) groups is 1. The van der Waals surface area contributed by atoms with Crippen molar-refractivity contribution < 1.29 is 14.0 Å². The molecule has 0 aromatic heterocycles. The van der Waals surface area contributed by atoms with Crippen LogP contribution in [0.2, 0.25) is 18.1 Å². The third-order valence-corrected chi connectivity index (χ3v) is 15.2. The fraction of sp³-hybridized carbons (Fsp3) is 0.788. The SMILES string of the molecule is CC(Cc1ccccc1)[C@@H]1CC[C@@H](C)C[C@H]1OC(=O)[C@@H]1C[C@@H]2CCCCCC[C@@]21O[Si](C)(C)C(C)(C)C. The van der Waals surface area contributed by atoms with Crippen molar-refractivity contribution in [1.82, 2.24) is 0 Å². The van der Waals surface area contributed by atoms with Gasteiger partial charge in [0.25, 0.3) is 0 Å². The fourth-order valence-electron chi connectivity index (χ4n) is 7.33. The van der Waals surface area contributed by atoms with Crippen LogP contribution >= 0.6 is 0 Å².